The number of rotatable bonds is 17. The smallest absolute Gasteiger partial charge is 0.326 e. The van der Waals surface area contributed by atoms with Gasteiger partial charge >= 0.3 is 5.97 Å². The second-order valence-electron chi connectivity index (χ2n) is 7.65. The Kier molecular flexibility index (Phi) is 16.2. The van der Waals surface area contributed by atoms with Crippen LogP contribution >= 0.6 is 0 Å². The zero-order chi connectivity index (χ0) is 19.6. The third-order valence-electron chi connectivity index (χ3n) is 4.72. The van der Waals surface area contributed by atoms with Crippen molar-refractivity contribution in [3.8, 4) is 0 Å². The lowest BCUT2D eigenvalue weighted by atomic mass is 10.0. The average molecular weight is 368 g/mol. The molecule has 0 aromatic carbocycles. The van der Waals surface area contributed by atoms with Crippen LogP contribution in [0, 0.1) is 5.92 Å². The van der Waals surface area contributed by atoms with E-state index in [-0.39, 0.29) is 11.8 Å². The van der Waals surface area contributed by atoms with Gasteiger partial charge in [0, 0.05) is 0 Å². The van der Waals surface area contributed by atoms with Gasteiger partial charge in [-0.3, -0.25) is 4.79 Å². The molecule has 0 unspecified atom stereocenters. The highest BCUT2D eigenvalue weighted by molar-refractivity contribution is 5.91. The molecule has 1 amide bonds. The highest BCUT2D eigenvalue weighted by atomic mass is 16.4. The van der Waals surface area contributed by atoms with Crippen molar-refractivity contribution in [1.82, 2.24) is 5.32 Å². The molecule has 1 atom stereocenters. The van der Waals surface area contributed by atoms with Gasteiger partial charge in [0.2, 0.25) is 5.91 Å². The Bertz CT molecular complexity index is 391. The van der Waals surface area contributed by atoms with Gasteiger partial charge in [0.25, 0.3) is 0 Å². The van der Waals surface area contributed by atoms with Crippen LogP contribution in [0.3, 0.4) is 0 Å². The minimum atomic E-state index is -0.984. The maximum Gasteiger partial charge on any atom is 0.326 e. The van der Waals surface area contributed by atoms with Crippen LogP contribution in [0.25, 0.3) is 0 Å². The summed E-state index contributed by atoms with van der Waals surface area (Å²) in [6, 6.07) is -0.821. The molecule has 26 heavy (non-hydrogen) atoms. The first-order valence-electron chi connectivity index (χ1n) is 10.7. The van der Waals surface area contributed by atoms with Gasteiger partial charge in [0.1, 0.15) is 6.04 Å². The van der Waals surface area contributed by atoms with Gasteiger partial charge in [-0.05, 0) is 24.8 Å². The minimum absolute atomic E-state index is 0.124. The second-order valence-corrected chi connectivity index (χ2v) is 7.65. The third kappa shape index (κ3) is 15.0. The van der Waals surface area contributed by atoms with Gasteiger partial charge in [-0.15, -0.1) is 0 Å². The number of hydrogen-bond donors (Lipinski definition) is 2. The second kappa shape index (κ2) is 17.1. The number of aliphatic carboxylic acids is 1. The van der Waals surface area contributed by atoms with Crippen molar-refractivity contribution in [1.29, 1.82) is 0 Å². The topological polar surface area (TPSA) is 66.4 Å². The molecule has 2 N–H and O–H groups in total. The maximum absolute atomic E-state index is 11.7. The molecule has 4 nitrogen and oxygen atoms in total. The van der Waals surface area contributed by atoms with Gasteiger partial charge in [-0.25, -0.2) is 4.79 Å². The zero-order valence-corrected chi connectivity index (χ0v) is 17.3. The van der Waals surface area contributed by atoms with Crippen molar-refractivity contribution in [2.75, 3.05) is 0 Å². The van der Waals surface area contributed by atoms with Gasteiger partial charge in [-0.2, -0.15) is 0 Å². The Morgan fingerprint density at radius 1 is 0.846 bits per heavy atom. The van der Waals surface area contributed by atoms with E-state index < -0.39 is 12.0 Å². The SMILES string of the molecule is CCCCCCCCCCCCCCC=CC(=O)N[C@H](C(=O)O)C(C)C. The Balaban J connectivity index is 3.50. The van der Waals surface area contributed by atoms with Gasteiger partial charge in [-0.1, -0.05) is 97.5 Å². The number of unbranched alkanes of at least 4 members (excludes halogenated alkanes) is 12. The lowest BCUT2D eigenvalue weighted by molar-refractivity contribution is -0.142. The minimum Gasteiger partial charge on any atom is -0.480 e. The van der Waals surface area contributed by atoms with Crippen molar-refractivity contribution in [3.05, 3.63) is 12.2 Å². The summed E-state index contributed by atoms with van der Waals surface area (Å²) in [7, 11) is 0. The molecule has 0 bridgehead atoms. The number of nitrogens with one attached hydrogen (secondary N) is 1. The number of carbonyl (C=O) groups is 2. The Hall–Kier alpha value is -1.32. The molecule has 0 radical (unpaired) electrons. The van der Waals surface area contributed by atoms with Gasteiger partial charge in [0.15, 0.2) is 0 Å². The summed E-state index contributed by atoms with van der Waals surface area (Å²) >= 11 is 0. The van der Waals surface area contributed by atoms with Crippen LogP contribution in [0.4, 0.5) is 0 Å². The van der Waals surface area contributed by atoms with Crippen LogP contribution in [-0.2, 0) is 9.59 Å². The first kappa shape index (κ1) is 24.7. The fourth-order valence-corrected chi connectivity index (χ4v) is 3.01. The number of carboxylic acid groups (broad SMARTS) is 1. The molecular weight excluding hydrogens is 326 g/mol. The first-order chi connectivity index (χ1) is 12.5. The summed E-state index contributed by atoms with van der Waals surface area (Å²) in [6.45, 7) is 5.83. The molecule has 0 aromatic rings. The third-order valence-corrected chi connectivity index (χ3v) is 4.72. The van der Waals surface area contributed by atoms with E-state index in [2.05, 4.69) is 12.2 Å². The maximum atomic E-state index is 11.7. The molecule has 0 saturated carbocycles. The van der Waals surface area contributed by atoms with Crippen molar-refractivity contribution >= 4 is 11.9 Å². The van der Waals surface area contributed by atoms with Crippen LogP contribution in [-0.4, -0.2) is 23.0 Å². The Morgan fingerprint density at radius 3 is 1.73 bits per heavy atom. The number of allylic oxidation sites excluding steroid dienone is 1. The van der Waals surface area contributed by atoms with Crippen molar-refractivity contribution in [2.45, 2.75) is 110 Å². The highest BCUT2D eigenvalue weighted by Gasteiger charge is 2.22. The number of carbonyl (C=O) groups excluding carboxylic acids is 1. The molecule has 0 aromatic heterocycles. The molecule has 0 fully saturated rings. The quantitative estimate of drug-likeness (QED) is 0.250. The molecule has 0 heterocycles. The molecule has 0 aliphatic heterocycles. The zero-order valence-electron chi connectivity index (χ0n) is 17.3. The van der Waals surface area contributed by atoms with E-state index in [0.717, 1.165) is 12.8 Å². The van der Waals surface area contributed by atoms with Crippen molar-refractivity contribution in [2.24, 2.45) is 5.92 Å². The highest BCUT2D eigenvalue weighted by Crippen LogP contribution is 2.12. The predicted octanol–water partition coefficient (Wildman–Crippen LogP) is 5.86. The summed E-state index contributed by atoms with van der Waals surface area (Å²) in [4.78, 5) is 22.8. The molecule has 0 aliphatic carbocycles. The van der Waals surface area contributed by atoms with Gasteiger partial charge in [0.05, 0.1) is 0 Å². The standard InChI is InChI=1S/C22H41NO3/c1-4-5-6-7-8-9-10-11-12-13-14-15-16-17-18-20(24)23-21(19(2)3)22(25)26/h17-19,21H,4-16H2,1-3H3,(H,23,24)(H,25,26)/t21-/m0/s1. The largest absolute Gasteiger partial charge is 0.480 e. The summed E-state index contributed by atoms with van der Waals surface area (Å²) < 4.78 is 0. The molecule has 152 valence electrons. The van der Waals surface area contributed by atoms with Crippen LogP contribution in [0.15, 0.2) is 12.2 Å². The van der Waals surface area contributed by atoms with E-state index in [1.54, 1.807) is 13.8 Å². The van der Waals surface area contributed by atoms with E-state index in [4.69, 9.17) is 5.11 Å². The first-order valence-corrected chi connectivity index (χ1v) is 10.7. The average Bonchev–Trinajstić information content (AvgIpc) is 2.59. The van der Waals surface area contributed by atoms with E-state index in [1.165, 1.54) is 76.7 Å². The van der Waals surface area contributed by atoms with E-state index in [0.29, 0.717) is 0 Å². The Labute approximate surface area is 160 Å². The molecular formula is C22H41NO3. The predicted molar refractivity (Wildman–Crippen MR) is 109 cm³/mol. The lowest BCUT2D eigenvalue weighted by Crippen LogP contribution is -2.43. The molecule has 4 heteroatoms. The number of carboxylic acids is 1. The van der Waals surface area contributed by atoms with Crippen LogP contribution in [0.2, 0.25) is 0 Å². The number of amides is 1. The molecule has 0 saturated heterocycles. The van der Waals surface area contributed by atoms with Crippen LogP contribution in [0.5, 0.6) is 0 Å². The lowest BCUT2D eigenvalue weighted by Gasteiger charge is -2.16. The van der Waals surface area contributed by atoms with E-state index in [1.807, 2.05) is 6.08 Å². The fourth-order valence-electron chi connectivity index (χ4n) is 3.01. The van der Waals surface area contributed by atoms with Gasteiger partial charge < -0.3 is 10.4 Å². The van der Waals surface area contributed by atoms with Crippen LogP contribution in [0.1, 0.15) is 104 Å². The number of hydrogen-bond acceptors (Lipinski definition) is 2. The normalized spacial score (nSPS) is 12.6. The molecule has 0 rings (SSSR count). The van der Waals surface area contributed by atoms with Crippen LogP contribution < -0.4 is 5.32 Å². The van der Waals surface area contributed by atoms with Crippen molar-refractivity contribution < 1.29 is 14.7 Å². The van der Waals surface area contributed by atoms with E-state index in [9.17, 15) is 9.59 Å². The summed E-state index contributed by atoms with van der Waals surface area (Å²) in [5, 5.41) is 11.6. The summed E-state index contributed by atoms with van der Waals surface area (Å²) in [5.41, 5.74) is 0. The van der Waals surface area contributed by atoms with E-state index >= 15 is 0 Å². The van der Waals surface area contributed by atoms with Crippen molar-refractivity contribution in [3.63, 3.8) is 0 Å². The molecule has 0 spiro atoms. The summed E-state index contributed by atoms with van der Waals surface area (Å²) in [5.74, 6) is -1.42. The fraction of sp³-hybridized carbons (Fsp3) is 0.818. The molecule has 0 aliphatic rings. The monoisotopic (exact) mass is 367 g/mol. The Morgan fingerprint density at radius 2 is 1.31 bits per heavy atom. The summed E-state index contributed by atoms with van der Waals surface area (Å²) in [6.07, 6.45) is 20.1.